The molecule has 0 radical (unpaired) electrons. The van der Waals surface area contributed by atoms with Gasteiger partial charge in [0.1, 0.15) is 11.3 Å². The van der Waals surface area contributed by atoms with Crippen LogP contribution in [0.5, 0.6) is 0 Å². The van der Waals surface area contributed by atoms with Crippen molar-refractivity contribution in [2.75, 3.05) is 6.61 Å². The van der Waals surface area contributed by atoms with Crippen molar-refractivity contribution in [1.82, 2.24) is 0 Å². The van der Waals surface area contributed by atoms with E-state index in [1.165, 1.54) is 0 Å². The van der Waals surface area contributed by atoms with Crippen LogP contribution < -0.4 is 0 Å². The van der Waals surface area contributed by atoms with Gasteiger partial charge in [0, 0.05) is 6.42 Å². The predicted octanol–water partition coefficient (Wildman–Crippen LogP) is 2.70. The third-order valence-electron chi connectivity index (χ3n) is 3.38. The lowest BCUT2D eigenvalue weighted by atomic mass is 10.0. The van der Waals surface area contributed by atoms with Crippen molar-refractivity contribution in [3.8, 4) is 0 Å². The minimum absolute atomic E-state index is 0.0519. The summed E-state index contributed by atoms with van der Waals surface area (Å²) in [6.45, 7) is 2.46. The Balaban J connectivity index is 2.04. The highest BCUT2D eigenvalue weighted by Gasteiger charge is 2.35. The van der Waals surface area contributed by atoms with Crippen LogP contribution in [0.3, 0.4) is 0 Å². The molecule has 1 aliphatic rings. The van der Waals surface area contributed by atoms with Crippen LogP contribution >= 0.6 is 0 Å². The zero-order chi connectivity index (χ0) is 15.9. The van der Waals surface area contributed by atoms with Crippen molar-refractivity contribution < 1.29 is 24.2 Å². The first-order chi connectivity index (χ1) is 10.6. The second-order valence-corrected chi connectivity index (χ2v) is 5.17. The van der Waals surface area contributed by atoms with Crippen LogP contribution in [0.2, 0.25) is 0 Å². The number of Topliss-reactive ketones (excluding diaryl/α,β-unsaturated/α-hetero) is 1. The molecule has 0 aromatic heterocycles. The van der Waals surface area contributed by atoms with Crippen molar-refractivity contribution >= 4 is 11.8 Å². The van der Waals surface area contributed by atoms with Gasteiger partial charge in [-0.1, -0.05) is 43.7 Å². The average Bonchev–Trinajstić information content (AvgIpc) is 2.48. The number of esters is 1. The Morgan fingerprint density at radius 1 is 1.32 bits per heavy atom. The summed E-state index contributed by atoms with van der Waals surface area (Å²) in [6.07, 6.45) is 1.02. The minimum atomic E-state index is -0.847. The monoisotopic (exact) mass is 304 g/mol. The van der Waals surface area contributed by atoms with Crippen LogP contribution in [0.15, 0.2) is 41.7 Å². The van der Waals surface area contributed by atoms with Gasteiger partial charge in [0.25, 0.3) is 0 Å². The van der Waals surface area contributed by atoms with E-state index in [1.54, 1.807) is 0 Å². The van der Waals surface area contributed by atoms with Crippen LogP contribution in [0.4, 0.5) is 0 Å². The van der Waals surface area contributed by atoms with Gasteiger partial charge in [0.2, 0.25) is 6.29 Å². The Morgan fingerprint density at radius 2 is 2.05 bits per heavy atom. The van der Waals surface area contributed by atoms with Gasteiger partial charge in [-0.3, -0.25) is 4.79 Å². The molecule has 0 amide bonds. The third kappa shape index (κ3) is 4.18. The van der Waals surface area contributed by atoms with Gasteiger partial charge in [-0.15, -0.1) is 0 Å². The molecule has 1 aliphatic heterocycles. The molecular weight excluding hydrogens is 284 g/mol. The van der Waals surface area contributed by atoms with E-state index < -0.39 is 18.0 Å². The Kier molecular flexibility index (Phi) is 5.72. The first-order valence-corrected chi connectivity index (χ1v) is 7.43. The number of unbranched alkanes of at least 4 members (excludes halogenated alkanes) is 1. The molecule has 1 aromatic carbocycles. The molecule has 118 valence electrons. The van der Waals surface area contributed by atoms with Crippen molar-refractivity contribution in [2.24, 2.45) is 0 Å². The standard InChI is InChI=1S/C17H20O5/c1-2-3-9-21-15-11-14(19)16(17(20)22-15)13(18)10-12-7-5-4-6-8-12/h4-8,15,18H,2-3,9-11H2,1H3/b16-13+. The number of hydrogen-bond acceptors (Lipinski definition) is 5. The van der Waals surface area contributed by atoms with Crippen molar-refractivity contribution in [3.05, 3.63) is 47.2 Å². The number of carbonyl (C=O) groups excluding carboxylic acids is 2. The summed E-state index contributed by atoms with van der Waals surface area (Å²) < 4.78 is 10.4. The highest BCUT2D eigenvalue weighted by molar-refractivity contribution is 6.19. The van der Waals surface area contributed by atoms with Crippen LogP contribution in [0.1, 0.15) is 31.7 Å². The first kappa shape index (κ1) is 16.2. The summed E-state index contributed by atoms with van der Waals surface area (Å²) in [5, 5.41) is 10.1. The Bertz CT molecular complexity index is 542. The molecule has 1 unspecified atom stereocenters. The van der Waals surface area contributed by atoms with Gasteiger partial charge in [0.05, 0.1) is 13.0 Å². The fourth-order valence-corrected chi connectivity index (χ4v) is 2.20. The quantitative estimate of drug-likeness (QED) is 0.287. The summed E-state index contributed by atoms with van der Waals surface area (Å²) in [5.41, 5.74) is 0.550. The SMILES string of the molecule is CCCCOC1CC(=O)/C(=C(\O)Cc2ccccc2)C(=O)O1. The summed E-state index contributed by atoms with van der Waals surface area (Å²) in [5.74, 6) is -1.51. The number of carbonyl (C=O) groups is 2. The maximum Gasteiger partial charge on any atom is 0.347 e. The third-order valence-corrected chi connectivity index (χ3v) is 3.38. The molecule has 1 saturated heterocycles. The highest BCUT2D eigenvalue weighted by atomic mass is 16.7. The Hall–Kier alpha value is -2.14. The fraction of sp³-hybridized carbons (Fsp3) is 0.412. The van der Waals surface area contributed by atoms with Crippen molar-refractivity contribution in [3.63, 3.8) is 0 Å². The van der Waals surface area contributed by atoms with Gasteiger partial charge in [-0.25, -0.2) is 4.79 Å². The fourth-order valence-electron chi connectivity index (χ4n) is 2.20. The number of cyclic esters (lactones) is 1. The van der Waals surface area contributed by atoms with Crippen molar-refractivity contribution in [1.29, 1.82) is 0 Å². The summed E-state index contributed by atoms with van der Waals surface area (Å²) in [6, 6.07) is 9.13. The molecule has 1 fully saturated rings. The average molecular weight is 304 g/mol. The van der Waals surface area contributed by atoms with E-state index in [1.807, 2.05) is 37.3 Å². The van der Waals surface area contributed by atoms with E-state index >= 15 is 0 Å². The zero-order valence-corrected chi connectivity index (χ0v) is 12.6. The van der Waals surface area contributed by atoms with Crippen LogP contribution in [0.25, 0.3) is 0 Å². The maximum atomic E-state index is 12.1. The molecule has 0 bridgehead atoms. The molecule has 22 heavy (non-hydrogen) atoms. The van der Waals surface area contributed by atoms with Gasteiger partial charge < -0.3 is 14.6 Å². The van der Waals surface area contributed by atoms with Gasteiger partial charge >= 0.3 is 5.97 Å². The van der Waals surface area contributed by atoms with Crippen molar-refractivity contribution in [2.45, 2.75) is 38.9 Å². The van der Waals surface area contributed by atoms with E-state index in [0.717, 1.165) is 18.4 Å². The number of ether oxygens (including phenoxy) is 2. The highest BCUT2D eigenvalue weighted by Crippen LogP contribution is 2.21. The van der Waals surface area contributed by atoms with Crippen LogP contribution in [-0.2, 0) is 25.5 Å². The van der Waals surface area contributed by atoms with E-state index in [9.17, 15) is 14.7 Å². The van der Waals surface area contributed by atoms with E-state index in [2.05, 4.69) is 0 Å². The molecule has 0 saturated carbocycles. The maximum absolute atomic E-state index is 12.1. The smallest absolute Gasteiger partial charge is 0.347 e. The molecule has 5 heteroatoms. The number of benzene rings is 1. The molecular formula is C17H20O5. The predicted molar refractivity (Wildman–Crippen MR) is 80.2 cm³/mol. The number of ketones is 1. The zero-order valence-electron chi connectivity index (χ0n) is 12.6. The lowest BCUT2D eigenvalue weighted by molar-refractivity contribution is -0.183. The second kappa shape index (κ2) is 7.75. The molecule has 0 aliphatic carbocycles. The van der Waals surface area contributed by atoms with Crippen LogP contribution in [-0.4, -0.2) is 29.8 Å². The topological polar surface area (TPSA) is 72.8 Å². The van der Waals surface area contributed by atoms with E-state index in [-0.39, 0.29) is 24.2 Å². The molecule has 1 heterocycles. The molecule has 0 spiro atoms. The number of aliphatic hydroxyl groups is 1. The molecule has 2 rings (SSSR count). The molecule has 1 N–H and O–H groups in total. The number of hydrogen-bond donors (Lipinski definition) is 1. The summed E-state index contributed by atoms with van der Waals surface area (Å²) in [4.78, 5) is 24.0. The summed E-state index contributed by atoms with van der Waals surface area (Å²) in [7, 11) is 0. The lowest BCUT2D eigenvalue weighted by Crippen LogP contribution is -2.35. The Labute approximate surface area is 129 Å². The number of aliphatic hydroxyl groups excluding tert-OH is 1. The Morgan fingerprint density at radius 3 is 2.68 bits per heavy atom. The summed E-state index contributed by atoms with van der Waals surface area (Å²) >= 11 is 0. The molecule has 1 aromatic rings. The van der Waals surface area contributed by atoms with E-state index in [0.29, 0.717) is 6.61 Å². The minimum Gasteiger partial charge on any atom is -0.511 e. The van der Waals surface area contributed by atoms with Gasteiger partial charge in [0.15, 0.2) is 5.78 Å². The second-order valence-electron chi connectivity index (χ2n) is 5.17. The molecule has 1 atom stereocenters. The van der Waals surface area contributed by atoms with Gasteiger partial charge in [-0.05, 0) is 12.0 Å². The van der Waals surface area contributed by atoms with Gasteiger partial charge in [-0.2, -0.15) is 0 Å². The normalized spacial score (nSPS) is 20.7. The number of rotatable bonds is 6. The number of allylic oxidation sites excluding steroid dienone is 1. The molecule has 5 nitrogen and oxygen atoms in total. The first-order valence-electron chi connectivity index (χ1n) is 7.43. The largest absolute Gasteiger partial charge is 0.511 e. The van der Waals surface area contributed by atoms with Crippen LogP contribution in [0, 0.1) is 0 Å². The van der Waals surface area contributed by atoms with E-state index in [4.69, 9.17) is 9.47 Å². The lowest BCUT2D eigenvalue weighted by Gasteiger charge is -2.23.